The van der Waals surface area contributed by atoms with Crippen molar-refractivity contribution in [3.63, 3.8) is 0 Å². The number of hydrogen-bond donors (Lipinski definition) is 4. The van der Waals surface area contributed by atoms with Crippen molar-refractivity contribution in [3.8, 4) is 0 Å². The SMILES string of the molecule is CC(C)C(=O)Nc1ccc(NCC(=O)Nc2cccc(C(=O)NC3CCCCC3)c2)cc1. The van der Waals surface area contributed by atoms with Crippen molar-refractivity contribution in [2.45, 2.75) is 52.0 Å². The van der Waals surface area contributed by atoms with Crippen molar-refractivity contribution >= 4 is 34.8 Å². The van der Waals surface area contributed by atoms with Gasteiger partial charge in [-0.05, 0) is 55.3 Å². The van der Waals surface area contributed by atoms with E-state index in [1.54, 1.807) is 48.5 Å². The second-order valence-corrected chi connectivity index (χ2v) is 8.51. The Morgan fingerprint density at radius 3 is 2.25 bits per heavy atom. The van der Waals surface area contributed by atoms with E-state index in [2.05, 4.69) is 21.3 Å². The molecular formula is C25H32N4O3. The number of carbonyl (C=O) groups is 3. The lowest BCUT2D eigenvalue weighted by atomic mass is 9.95. The summed E-state index contributed by atoms with van der Waals surface area (Å²) < 4.78 is 0. The van der Waals surface area contributed by atoms with Gasteiger partial charge in [-0.1, -0.05) is 39.2 Å². The maximum atomic E-state index is 12.5. The molecule has 0 heterocycles. The Balaban J connectivity index is 1.48. The maximum absolute atomic E-state index is 12.5. The van der Waals surface area contributed by atoms with E-state index < -0.39 is 0 Å². The summed E-state index contributed by atoms with van der Waals surface area (Å²) in [7, 11) is 0. The fraction of sp³-hybridized carbons (Fsp3) is 0.400. The van der Waals surface area contributed by atoms with Crippen LogP contribution in [-0.2, 0) is 9.59 Å². The smallest absolute Gasteiger partial charge is 0.251 e. The van der Waals surface area contributed by atoms with Crippen LogP contribution in [-0.4, -0.2) is 30.3 Å². The molecule has 0 unspecified atom stereocenters. The van der Waals surface area contributed by atoms with Crippen LogP contribution in [0.2, 0.25) is 0 Å². The Morgan fingerprint density at radius 1 is 0.875 bits per heavy atom. The number of carbonyl (C=O) groups excluding carboxylic acids is 3. The Hall–Kier alpha value is -3.35. The van der Waals surface area contributed by atoms with Crippen molar-refractivity contribution in [2.24, 2.45) is 5.92 Å². The van der Waals surface area contributed by atoms with Gasteiger partial charge in [0.25, 0.3) is 5.91 Å². The maximum Gasteiger partial charge on any atom is 0.251 e. The molecular weight excluding hydrogens is 404 g/mol. The average molecular weight is 437 g/mol. The zero-order chi connectivity index (χ0) is 22.9. The predicted molar refractivity (Wildman–Crippen MR) is 128 cm³/mol. The highest BCUT2D eigenvalue weighted by atomic mass is 16.2. The quantitative estimate of drug-likeness (QED) is 0.493. The summed E-state index contributed by atoms with van der Waals surface area (Å²) in [5, 5.41) is 11.8. The number of amides is 3. The molecule has 0 saturated heterocycles. The summed E-state index contributed by atoms with van der Waals surface area (Å²) >= 11 is 0. The van der Waals surface area contributed by atoms with Gasteiger partial charge in [0.1, 0.15) is 0 Å². The van der Waals surface area contributed by atoms with Crippen LogP contribution in [0.25, 0.3) is 0 Å². The van der Waals surface area contributed by atoms with Crippen LogP contribution >= 0.6 is 0 Å². The summed E-state index contributed by atoms with van der Waals surface area (Å²) in [5.74, 6) is -0.448. The Labute approximate surface area is 189 Å². The molecule has 1 aliphatic rings. The normalized spacial score (nSPS) is 14.0. The molecule has 4 N–H and O–H groups in total. The van der Waals surface area contributed by atoms with Crippen LogP contribution < -0.4 is 21.3 Å². The van der Waals surface area contributed by atoms with Crippen molar-refractivity contribution in [1.82, 2.24) is 5.32 Å². The first-order valence-electron chi connectivity index (χ1n) is 11.3. The molecule has 170 valence electrons. The Bertz CT molecular complexity index is 934. The molecule has 0 atom stereocenters. The first-order valence-corrected chi connectivity index (χ1v) is 11.3. The van der Waals surface area contributed by atoms with Gasteiger partial charge in [-0.3, -0.25) is 14.4 Å². The fourth-order valence-electron chi connectivity index (χ4n) is 3.60. The Kier molecular flexibility index (Phi) is 8.25. The molecule has 1 fully saturated rings. The molecule has 32 heavy (non-hydrogen) atoms. The summed E-state index contributed by atoms with van der Waals surface area (Å²) in [4.78, 5) is 36.6. The molecule has 0 bridgehead atoms. The zero-order valence-electron chi connectivity index (χ0n) is 18.7. The van der Waals surface area contributed by atoms with E-state index in [9.17, 15) is 14.4 Å². The zero-order valence-corrected chi connectivity index (χ0v) is 18.7. The molecule has 3 rings (SSSR count). The highest BCUT2D eigenvalue weighted by Crippen LogP contribution is 2.19. The Morgan fingerprint density at radius 2 is 1.56 bits per heavy atom. The van der Waals surface area contributed by atoms with Crippen molar-refractivity contribution in [3.05, 3.63) is 54.1 Å². The highest BCUT2D eigenvalue weighted by molar-refractivity contribution is 5.98. The van der Waals surface area contributed by atoms with Gasteiger partial charge in [0.15, 0.2) is 0 Å². The predicted octanol–water partition coefficient (Wildman–Crippen LogP) is 4.39. The third-order valence-corrected chi connectivity index (χ3v) is 5.48. The average Bonchev–Trinajstić information content (AvgIpc) is 2.79. The van der Waals surface area contributed by atoms with Gasteiger partial charge in [0.05, 0.1) is 6.54 Å². The van der Waals surface area contributed by atoms with Crippen LogP contribution in [0.15, 0.2) is 48.5 Å². The summed E-state index contributed by atoms with van der Waals surface area (Å²) in [6, 6.07) is 14.4. The van der Waals surface area contributed by atoms with Crippen molar-refractivity contribution in [2.75, 3.05) is 22.5 Å². The van der Waals surface area contributed by atoms with Crippen molar-refractivity contribution < 1.29 is 14.4 Å². The van der Waals surface area contributed by atoms with Crippen LogP contribution in [0.3, 0.4) is 0 Å². The molecule has 0 spiro atoms. The van der Waals surface area contributed by atoms with Crippen LogP contribution in [0.5, 0.6) is 0 Å². The van der Waals surface area contributed by atoms with Gasteiger partial charge in [-0.2, -0.15) is 0 Å². The van der Waals surface area contributed by atoms with E-state index in [1.165, 1.54) is 6.42 Å². The van der Waals surface area contributed by atoms with E-state index in [0.29, 0.717) is 16.9 Å². The minimum Gasteiger partial charge on any atom is -0.376 e. The van der Waals surface area contributed by atoms with E-state index in [-0.39, 0.29) is 36.2 Å². The summed E-state index contributed by atoms with van der Waals surface area (Å²) in [5.41, 5.74) is 2.60. The third-order valence-electron chi connectivity index (χ3n) is 5.48. The molecule has 2 aromatic rings. The molecule has 7 heteroatoms. The first-order chi connectivity index (χ1) is 15.4. The third kappa shape index (κ3) is 7.11. The van der Waals surface area contributed by atoms with Gasteiger partial charge in [0.2, 0.25) is 11.8 Å². The number of nitrogens with one attached hydrogen (secondary N) is 4. The van der Waals surface area contributed by atoms with Crippen LogP contribution in [0.1, 0.15) is 56.3 Å². The minimum atomic E-state index is -0.216. The van der Waals surface area contributed by atoms with E-state index in [4.69, 9.17) is 0 Å². The van der Waals surface area contributed by atoms with E-state index in [0.717, 1.165) is 31.4 Å². The largest absolute Gasteiger partial charge is 0.376 e. The van der Waals surface area contributed by atoms with Crippen LogP contribution in [0, 0.1) is 5.92 Å². The standard InChI is InChI=1S/C25H32N4O3/c1-17(2)24(31)28-21-13-11-19(12-14-21)26-16-23(30)27-22-10-6-7-18(15-22)25(32)29-20-8-4-3-5-9-20/h6-7,10-15,17,20,26H,3-5,8-9,16H2,1-2H3,(H,27,30)(H,28,31)(H,29,32). The van der Waals surface area contributed by atoms with Gasteiger partial charge < -0.3 is 21.3 Å². The second kappa shape index (κ2) is 11.3. The molecule has 0 aromatic heterocycles. The van der Waals surface area contributed by atoms with Gasteiger partial charge in [-0.15, -0.1) is 0 Å². The molecule has 0 aliphatic heterocycles. The lowest BCUT2D eigenvalue weighted by Crippen LogP contribution is -2.36. The molecule has 0 radical (unpaired) electrons. The van der Waals surface area contributed by atoms with Gasteiger partial charge >= 0.3 is 0 Å². The topological polar surface area (TPSA) is 99.3 Å². The molecule has 1 saturated carbocycles. The molecule has 7 nitrogen and oxygen atoms in total. The minimum absolute atomic E-state index is 0.0419. The van der Waals surface area contributed by atoms with Crippen LogP contribution in [0.4, 0.5) is 17.1 Å². The first kappa shape index (κ1) is 23.3. The number of rotatable bonds is 8. The van der Waals surface area contributed by atoms with Gasteiger partial charge in [-0.25, -0.2) is 0 Å². The van der Waals surface area contributed by atoms with E-state index in [1.807, 2.05) is 13.8 Å². The lowest BCUT2D eigenvalue weighted by Gasteiger charge is -2.22. The van der Waals surface area contributed by atoms with Gasteiger partial charge in [0, 0.05) is 34.6 Å². The highest BCUT2D eigenvalue weighted by Gasteiger charge is 2.17. The lowest BCUT2D eigenvalue weighted by molar-refractivity contribution is -0.119. The monoisotopic (exact) mass is 436 g/mol. The number of benzene rings is 2. The molecule has 2 aromatic carbocycles. The summed E-state index contributed by atoms with van der Waals surface area (Å²) in [6.45, 7) is 3.75. The summed E-state index contributed by atoms with van der Waals surface area (Å²) in [6.07, 6.45) is 5.60. The second-order valence-electron chi connectivity index (χ2n) is 8.51. The number of hydrogen-bond acceptors (Lipinski definition) is 4. The van der Waals surface area contributed by atoms with Crippen molar-refractivity contribution in [1.29, 1.82) is 0 Å². The number of anilines is 3. The van der Waals surface area contributed by atoms with E-state index >= 15 is 0 Å². The molecule has 1 aliphatic carbocycles. The molecule has 3 amide bonds. The fourth-order valence-corrected chi connectivity index (χ4v) is 3.60.